The highest BCUT2D eigenvalue weighted by Crippen LogP contribution is 2.32. The van der Waals surface area contributed by atoms with E-state index in [-0.39, 0.29) is 0 Å². The second-order valence-electron chi connectivity index (χ2n) is 4.24. The molecule has 1 unspecified atom stereocenters. The van der Waals surface area contributed by atoms with Gasteiger partial charge in [-0.15, -0.1) is 0 Å². The molecule has 0 aliphatic carbocycles. The van der Waals surface area contributed by atoms with Crippen molar-refractivity contribution in [1.82, 2.24) is 9.78 Å². The van der Waals surface area contributed by atoms with E-state index < -0.39 is 0 Å². The molecule has 1 N–H and O–H groups in total. The zero-order chi connectivity index (χ0) is 11.1. The van der Waals surface area contributed by atoms with Crippen LogP contribution < -0.4 is 10.1 Å². The van der Waals surface area contributed by atoms with Crippen LogP contribution >= 0.6 is 0 Å². The number of methoxy groups -OCH3 is 1. The molecule has 1 aliphatic heterocycles. The van der Waals surface area contributed by atoms with E-state index in [1.54, 1.807) is 7.11 Å². The Morgan fingerprint density at radius 3 is 3.19 bits per heavy atom. The van der Waals surface area contributed by atoms with Crippen molar-refractivity contribution in [2.45, 2.75) is 19.4 Å². The summed E-state index contributed by atoms with van der Waals surface area (Å²) in [4.78, 5) is 0. The summed E-state index contributed by atoms with van der Waals surface area (Å²) in [5, 5.41) is 9.16. The number of benzene rings is 1. The number of nitrogens with zero attached hydrogens (tertiary/aromatic N) is 2. The molecule has 4 heteroatoms. The minimum absolute atomic E-state index is 0.467. The first kappa shape index (κ1) is 9.51. The minimum Gasteiger partial charge on any atom is -0.497 e. The minimum atomic E-state index is 0.467. The molecule has 0 radical (unpaired) electrons. The largest absolute Gasteiger partial charge is 0.497 e. The highest BCUT2D eigenvalue weighted by molar-refractivity contribution is 5.91. The standard InChI is InChI=1S/C12H15N3O/c1-8-5-6-13-12-10-7-9(16-2)3-4-11(10)14-15(8)12/h3-4,7-8,13H,5-6H2,1-2H3. The Bertz CT molecular complexity index is 532. The van der Waals surface area contributed by atoms with Gasteiger partial charge in [0.2, 0.25) is 0 Å². The van der Waals surface area contributed by atoms with Crippen molar-refractivity contribution in [2.24, 2.45) is 0 Å². The molecule has 2 aromatic rings. The van der Waals surface area contributed by atoms with E-state index in [4.69, 9.17) is 4.74 Å². The number of ether oxygens (including phenoxy) is 1. The Kier molecular flexibility index (Phi) is 2.02. The highest BCUT2D eigenvalue weighted by Gasteiger charge is 2.19. The van der Waals surface area contributed by atoms with Crippen LogP contribution in [0.3, 0.4) is 0 Å². The molecule has 3 rings (SSSR count). The molecule has 2 heterocycles. The average Bonchev–Trinajstić information content (AvgIpc) is 2.68. The summed E-state index contributed by atoms with van der Waals surface area (Å²) < 4.78 is 7.32. The van der Waals surface area contributed by atoms with E-state index in [0.717, 1.165) is 35.4 Å². The van der Waals surface area contributed by atoms with Crippen LogP contribution in [0.2, 0.25) is 0 Å². The average molecular weight is 217 g/mol. The van der Waals surface area contributed by atoms with Gasteiger partial charge in [0, 0.05) is 11.9 Å². The quantitative estimate of drug-likeness (QED) is 0.797. The number of anilines is 1. The first-order valence-corrected chi connectivity index (χ1v) is 5.59. The monoisotopic (exact) mass is 217 g/mol. The molecule has 84 valence electrons. The van der Waals surface area contributed by atoms with Gasteiger partial charge in [-0.2, -0.15) is 5.10 Å². The first-order chi connectivity index (χ1) is 7.79. The van der Waals surface area contributed by atoms with Crippen LogP contribution in [0.5, 0.6) is 5.75 Å². The molecule has 0 saturated carbocycles. The Morgan fingerprint density at radius 2 is 2.38 bits per heavy atom. The van der Waals surface area contributed by atoms with Gasteiger partial charge >= 0.3 is 0 Å². The summed E-state index contributed by atoms with van der Waals surface area (Å²) in [7, 11) is 1.69. The van der Waals surface area contributed by atoms with Crippen molar-refractivity contribution in [3.63, 3.8) is 0 Å². The summed E-state index contributed by atoms with van der Waals surface area (Å²) in [5.41, 5.74) is 1.03. The molecule has 0 amide bonds. The fourth-order valence-electron chi connectivity index (χ4n) is 2.23. The molecule has 0 bridgehead atoms. The van der Waals surface area contributed by atoms with E-state index in [0.29, 0.717) is 6.04 Å². The molecule has 0 saturated heterocycles. The lowest BCUT2D eigenvalue weighted by molar-refractivity contribution is 0.415. The van der Waals surface area contributed by atoms with Gasteiger partial charge in [0.15, 0.2) is 0 Å². The van der Waals surface area contributed by atoms with Crippen LogP contribution in [0.1, 0.15) is 19.4 Å². The van der Waals surface area contributed by atoms with Crippen molar-refractivity contribution in [3.8, 4) is 5.75 Å². The molecule has 0 spiro atoms. The number of fused-ring (bicyclic) bond motifs is 3. The van der Waals surface area contributed by atoms with Crippen LogP contribution in [0.25, 0.3) is 10.9 Å². The molecular weight excluding hydrogens is 202 g/mol. The Balaban J connectivity index is 2.25. The maximum absolute atomic E-state index is 5.24. The SMILES string of the molecule is COc1ccc2nn3c(c2c1)NCCC3C. The van der Waals surface area contributed by atoms with Gasteiger partial charge in [0.05, 0.1) is 18.7 Å². The summed E-state index contributed by atoms with van der Waals surface area (Å²) in [6.45, 7) is 3.21. The fraction of sp³-hybridized carbons (Fsp3) is 0.417. The van der Waals surface area contributed by atoms with Gasteiger partial charge in [-0.3, -0.25) is 0 Å². The first-order valence-electron chi connectivity index (χ1n) is 5.59. The predicted molar refractivity (Wildman–Crippen MR) is 64.1 cm³/mol. The van der Waals surface area contributed by atoms with E-state index in [1.165, 1.54) is 0 Å². The molecule has 4 nitrogen and oxygen atoms in total. The lowest BCUT2D eigenvalue weighted by Crippen LogP contribution is -2.21. The van der Waals surface area contributed by atoms with Crippen molar-refractivity contribution in [2.75, 3.05) is 19.0 Å². The van der Waals surface area contributed by atoms with Crippen molar-refractivity contribution < 1.29 is 4.74 Å². The second-order valence-corrected chi connectivity index (χ2v) is 4.24. The maximum atomic E-state index is 5.24. The zero-order valence-corrected chi connectivity index (χ0v) is 9.53. The van der Waals surface area contributed by atoms with Gasteiger partial charge in [0.25, 0.3) is 0 Å². The van der Waals surface area contributed by atoms with Gasteiger partial charge in [-0.25, -0.2) is 4.68 Å². The lowest BCUT2D eigenvalue weighted by atomic mass is 10.2. The van der Waals surface area contributed by atoms with Crippen LogP contribution in [0.15, 0.2) is 18.2 Å². The molecule has 1 aromatic heterocycles. The lowest BCUT2D eigenvalue weighted by Gasteiger charge is -2.22. The van der Waals surface area contributed by atoms with Crippen molar-refractivity contribution in [3.05, 3.63) is 18.2 Å². The molecular formula is C12H15N3O. The molecule has 0 fully saturated rings. The molecule has 1 atom stereocenters. The molecule has 16 heavy (non-hydrogen) atoms. The van der Waals surface area contributed by atoms with E-state index in [9.17, 15) is 0 Å². The summed E-state index contributed by atoms with van der Waals surface area (Å²) >= 11 is 0. The topological polar surface area (TPSA) is 39.1 Å². The summed E-state index contributed by atoms with van der Waals surface area (Å²) in [6.07, 6.45) is 1.12. The third-order valence-corrected chi connectivity index (χ3v) is 3.18. The zero-order valence-electron chi connectivity index (χ0n) is 9.53. The Morgan fingerprint density at radius 1 is 1.50 bits per heavy atom. The number of aromatic nitrogens is 2. The van der Waals surface area contributed by atoms with E-state index in [1.807, 2.05) is 18.2 Å². The summed E-state index contributed by atoms with van der Waals surface area (Å²) in [5.74, 6) is 2.00. The van der Waals surface area contributed by atoms with Crippen LogP contribution in [-0.4, -0.2) is 23.4 Å². The van der Waals surface area contributed by atoms with Gasteiger partial charge < -0.3 is 10.1 Å². The van der Waals surface area contributed by atoms with Gasteiger partial charge in [-0.1, -0.05) is 0 Å². The van der Waals surface area contributed by atoms with E-state index in [2.05, 4.69) is 22.0 Å². The number of hydrogen-bond donors (Lipinski definition) is 1. The highest BCUT2D eigenvalue weighted by atomic mass is 16.5. The fourth-order valence-corrected chi connectivity index (χ4v) is 2.23. The van der Waals surface area contributed by atoms with Crippen LogP contribution in [0, 0.1) is 0 Å². The van der Waals surface area contributed by atoms with Crippen LogP contribution in [-0.2, 0) is 0 Å². The Hall–Kier alpha value is -1.71. The smallest absolute Gasteiger partial charge is 0.132 e. The van der Waals surface area contributed by atoms with Crippen molar-refractivity contribution in [1.29, 1.82) is 0 Å². The van der Waals surface area contributed by atoms with Crippen LogP contribution in [0.4, 0.5) is 5.82 Å². The maximum Gasteiger partial charge on any atom is 0.132 e. The predicted octanol–water partition coefficient (Wildman–Crippen LogP) is 2.42. The normalized spacial score (nSPS) is 19.2. The number of nitrogens with one attached hydrogen (secondary N) is 1. The van der Waals surface area contributed by atoms with E-state index >= 15 is 0 Å². The Labute approximate surface area is 94.2 Å². The third kappa shape index (κ3) is 1.26. The summed E-state index contributed by atoms with van der Waals surface area (Å²) in [6, 6.07) is 6.47. The number of rotatable bonds is 1. The second kappa shape index (κ2) is 3.40. The van der Waals surface area contributed by atoms with Gasteiger partial charge in [-0.05, 0) is 31.5 Å². The molecule has 1 aromatic carbocycles. The third-order valence-electron chi connectivity index (χ3n) is 3.18. The van der Waals surface area contributed by atoms with Gasteiger partial charge in [0.1, 0.15) is 11.6 Å². The molecule has 1 aliphatic rings. The number of hydrogen-bond acceptors (Lipinski definition) is 3. The van der Waals surface area contributed by atoms with Crippen molar-refractivity contribution >= 4 is 16.7 Å².